The molecule has 3 heteroatoms. The Balaban J connectivity index is 1.90. The number of aromatic nitrogens is 1. The number of nitrogens with one attached hydrogen (secondary N) is 1. The van der Waals surface area contributed by atoms with Crippen LogP contribution in [0, 0.1) is 0 Å². The van der Waals surface area contributed by atoms with Gasteiger partial charge in [0, 0.05) is 17.6 Å². The highest BCUT2D eigenvalue weighted by Crippen LogP contribution is 2.28. The number of thiazole rings is 1. The number of nitrogens with zero attached hydrogens (tertiary/aromatic N) is 1. The predicted octanol–water partition coefficient (Wildman–Crippen LogP) is 3.13. The lowest BCUT2D eigenvalue weighted by Gasteiger charge is -2.15. The van der Waals surface area contributed by atoms with Gasteiger partial charge in [-0.15, -0.1) is 11.3 Å². The highest BCUT2D eigenvalue weighted by atomic mass is 32.1. The maximum absolute atomic E-state index is 4.41. The van der Waals surface area contributed by atoms with E-state index in [1.807, 2.05) is 6.20 Å². The Hall–Kier alpha value is -0.410. The molecule has 1 aliphatic rings. The van der Waals surface area contributed by atoms with Crippen LogP contribution in [0.25, 0.3) is 0 Å². The van der Waals surface area contributed by atoms with E-state index in [2.05, 4.69) is 22.6 Å². The summed E-state index contributed by atoms with van der Waals surface area (Å²) in [7, 11) is 0. The molecule has 1 aromatic rings. The molecule has 1 N–H and O–H groups in total. The average molecular weight is 210 g/mol. The van der Waals surface area contributed by atoms with Crippen LogP contribution < -0.4 is 5.32 Å². The minimum atomic E-state index is 0.516. The van der Waals surface area contributed by atoms with Gasteiger partial charge in [-0.2, -0.15) is 0 Å². The quantitative estimate of drug-likeness (QED) is 0.780. The Bertz CT molecular complexity index is 254. The maximum Gasteiger partial charge on any atom is 0.109 e. The number of hydrogen-bond donors (Lipinski definition) is 1. The first kappa shape index (κ1) is 10.1. The number of unbranched alkanes of at least 4 members (excludes halogenated alkanes) is 1. The largest absolute Gasteiger partial charge is 0.305 e. The number of hydrogen-bond acceptors (Lipinski definition) is 3. The van der Waals surface area contributed by atoms with Crippen LogP contribution >= 0.6 is 11.3 Å². The van der Waals surface area contributed by atoms with Gasteiger partial charge < -0.3 is 5.32 Å². The molecule has 2 rings (SSSR count). The van der Waals surface area contributed by atoms with Crippen molar-refractivity contribution in [2.75, 3.05) is 0 Å². The van der Waals surface area contributed by atoms with Crippen LogP contribution in [0.15, 0.2) is 11.6 Å². The fourth-order valence-electron chi connectivity index (χ4n) is 1.63. The van der Waals surface area contributed by atoms with Crippen molar-refractivity contribution in [3.63, 3.8) is 0 Å². The van der Waals surface area contributed by atoms with Gasteiger partial charge in [0.1, 0.15) is 5.01 Å². The first-order chi connectivity index (χ1) is 6.90. The van der Waals surface area contributed by atoms with E-state index in [-0.39, 0.29) is 0 Å². The van der Waals surface area contributed by atoms with Crippen molar-refractivity contribution >= 4 is 11.3 Å². The lowest BCUT2D eigenvalue weighted by Crippen LogP contribution is -2.23. The average Bonchev–Trinajstić information content (AvgIpc) is 2.84. The molecule has 1 saturated carbocycles. The van der Waals surface area contributed by atoms with E-state index < -0.39 is 0 Å². The minimum absolute atomic E-state index is 0.516. The first-order valence-electron chi connectivity index (χ1n) is 5.55. The molecular weight excluding hydrogens is 192 g/mol. The fraction of sp³-hybridized carbons (Fsp3) is 0.727. The Morgan fingerprint density at radius 1 is 1.64 bits per heavy atom. The molecule has 0 radical (unpaired) electrons. The van der Waals surface area contributed by atoms with Gasteiger partial charge in [0.25, 0.3) is 0 Å². The summed E-state index contributed by atoms with van der Waals surface area (Å²) in [6.07, 6.45) is 8.42. The van der Waals surface area contributed by atoms with Crippen molar-refractivity contribution in [2.45, 2.75) is 51.1 Å². The van der Waals surface area contributed by atoms with Gasteiger partial charge in [-0.1, -0.05) is 19.8 Å². The van der Waals surface area contributed by atoms with Crippen molar-refractivity contribution in [2.24, 2.45) is 0 Å². The predicted molar refractivity (Wildman–Crippen MR) is 60.5 cm³/mol. The topological polar surface area (TPSA) is 24.9 Å². The van der Waals surface area contributed by atoms with E-state index in [0.717, 1.165) is 6.04 Å². The molecule has 0 aliphatic heterocycles. The van der Waals surface area contributed by atoms with Gasteiger partial charge in [0.05, 0.1) is 6.04 Å². The van der Waals surface area contributed by atoms with Crippen molar-refractivity contribution < 1.29 is 0 Å². The van der Waals surface area contributed by atoms with E-state index in [1.165, 1.54) is 37.1 Å². The molecule has 1 atom stereocenters. The zero-order valence-corrected chi connectivity index (χ0v) is 9.52. The van der Waals surface area contributed by atoms with Crippen molar-refractivity contribution in [3.05, 3.63) is 16.6 Å². The van der Waals surface area contributed by atoms with Gasteiger partial charge >= 0.3 is 0 Å². The molecule has 2 nitrogen and oxygen atoms in total. The highest BCUT2D eigenvalue weighted by molar-refractivity contribution is 7.09. The van der Waals surface area contributed by atoms with E-state index in [9.17, 15) is 0 Å². The molecule has 1 aliphatic carbocycles. The summed E-state index contributed by atoms with van der Waals surface area (Å²) in [5, 5.41) is 7.02. The molecule has 0 amide bonds. The summed E-state index contributed by atoms with van der Waals surface area (Å²) >= 11 is 1.78. The summed E-state index contributed by atoms with van der Waals surface area (Å²) in [6, 6.07) is 1.29. The van der Waals surface area contributed by atoms with E-state index >= 15 is 0 Å². The molecule has 1 unspecified atom stereocenters. The maximum atomic E-state index is 4.41. The Morgan fingerprint density at radius 3 is 3.07 bits per heavy atom. The summed E-state index contributed by atoms with van der Waals surface area (Å²) < 4.78 is 0. The zero-order chi connectivity index (χ0) is 9.80. The summed E-state index contributed by atoms with van der Waals surface area (Å²) in [5.74, 6) is 0. The summed E-state index contributed by atoms with van der Waals surface area (Å²) in [5.41, 5.74) is 0. The molecular formula is C11H18N2S. The Labute approximate surface area is 89.8 Å². The van der Waals surface area contributed by atoms with Crippen LogP contribution in [0.2, 0.25) is 0 Å². The first-order valence-corrected chi connectivity index (χ1v) is 6.43. The van der Waals surface area contributed by atoms with Crippen molar-refractivity contribution in [1.82, 2.24) is 10.3 Å². The van der Waals surface area contributed by atoms with Gasteiger partial charge in [0.15, 0.2) is 0 Å². The second-order valence-corrected chi connectivity index (χ2v) is 4.93. The molecule has 1 aromatic heterocycles. The number of rotatable bonds is 6. The molecule has 78 valence electrons. The Morgan fingerprint density at radius 2 is 2.50 bits per heavy atom. The monoisotopic (exact) mass is 210 g/mol. The lowest BCUT2D eigenvalue weighted by molar-refractivity contribution is 0.477. The molecule has 14 heavy (non-hydrogen) atoms. The molecule has 1 fully saturated rings. The van der Waals surface area contributed by atoms with Crippen LogP contribution in [0.4, 0.5) is 0 Å². The zero-order valence-electron chi connectivity index (χ0n) is 8.70. The second-order valence-electron chi connectivity index (χ2n) is 4.01. The van der Waals surface area contributed by atoms with E-state index in [4.69, 9.17) is 0 Å². The third kappa shape index (κ3) is 2.79. The van der Waals surface area contributed by atoms with Crippen LogP contribution in [-0.4, -0.2) is 11.0 Å². The highest BCUT2D eigenvalue weighted by Gasteiger charge is 2.25. The van der Waals surface area contributed by atoms with Gasteiger partial charge in [-0.05, 0) is 19.3 Å². The van der Waals surface area contributed by atoms with Crippen LogP contribution in [0.3, 0.4) is 0 Å². The van der Waals surface area contributed by atoms with Gasteiger partial charge in [-0.3, -0.25) is 0 Å². The van der Waals surface area contributed by atoms with Crippen LogP contribution in [-0.2, 0) is 0 Å². The van der Waals surface area contributed by atoms with Crippen molar-refractivity contribution in [3.8, 4) is 0 Å². The summed E-state index contributed by atoms with van der Waals surface area (Å²) in [6.45, 7) is 2.25. The molecule has 0 aromatic carbocycles. The third-order valence-electron chi connectivity index (χ3n) is 2.61. The van der Waals surface area contributed by atoms with Crippen LogP contribution in [0.1, 0.15) is 50.1 Å². The minimum Gasteiger partial charge on any atom is -0.305 e. The Kier molecular flexibility index (Phi) is 3.54. The van der Waals surface area contributed by atoms with Crippen molar-refractivity contribution in [1.29, 1.82) is 0 Å². The van der Waals surface area contributed by atoms with Crippen LogP contribution in [0.5, 0.6) is 0 Å². The SMILES string of the molecule is CCCCC(NC1CC1)c1nccs1. The van der Waals surface area contributed by atoms with E-state index in [0.29, 0.717) is 6.04 Å². The normalized spacial score (nSPS) is 18.4. The molecule has 0 bridgehead atoms. The summed E-state index contributed by atoms with van der Waals surface area (Å²) in [4.78, 5) is 4.41. The molecule has 0 saturated heterocycles. The van der Waals surface area contributed by atoms with Gasteiger partial charge in [0.2, 0.25) is 0 Å². The molecule has 0 spiro atoms. The van der Waals surface area contributed by atoms with E-state index in [1.54, 1.807) is 11.3 Å². The molecule has 1 heterocycles. The third-order valence-corrected chi connectivity index (χ3v) is 3.50. The second kappa shape index (κ2) is 4.89. The smallest absolute Gasteiger partial charge is 0.109 e. The standard InChI is InChI=1S/C11H18N2S/c1-2-3-4-10(13-9-5-6-9)11-12-7-8-14-11/h7-10,13H,2-6H2,1H3. The van der Waals surface area contributed by atoms with Gasteiger partial charge in [-0.25, -0.2) is 4.98 Å². The fourth-order valence-corrected chi connectivity index (χ4v) is 2.36. The lowest BCUT2D eigenvalue weighted by atomic mass is 10.1.